The van der Waals surface area contributed by atoms with Crippen LogP contribution in [0.1, 0.15) is 18.4 Å². The molecule has 0 unspecified atom stereocenters. The van der Waals surface area contributed by atoms with Crippen LogP contribution in [0.4, 0.5) is 0 Å². The molecule has 0 aromatic heterocycles. The van der Waals surface area contributed by atoms with E-state index in [4.69, 9.17) is 4.74 Å². The molecule has 2 aromatic rings. The summed E-state index contributed by atoms with van der Waals surface area (Å²) in [6.07, 6.45) is 0.606. The van der Waals surface area contributed by atoms with Gasteiger partial charge in [-0.25, -0.2) is 0 Å². The summed E-state index contributed by atoms with van der Waals surface area (Å²) in [6, 6.07) is 14.9. The summed E-state index contributed by atoms with van der Waals surface area (Å²) in [4.78, 5) is 30.9. The molecular formula is C23H29N3O3. The minimum absolute atomic E-state index is 0.0660. The first kappa shape index (κ1) is 19.9. The maximum Gasteiger partial charge on any atom is 0.223 e. The maximum atomic E-state index is 12.5. The lowest BCUT2D eigenvalue weighted by Crippen LogP contribution is -2.48. The number of morpholine rings is 1. The average molecular weight is 396 g/mol. The van der Waals surface area contributed by atoms with Gasteiger partial charge in [-0.1, -0.05) is 42.5 Å². The molecule has 2 aliphatic rings. The standard InChI is InChI=1S/C23H29N3O3/c27-22(8-9-23(28)26-14-16-29-17-15-26)25-12-10-24(11-13-25)18-20-6-3-5-19-4-1-2-7-21(19)20/h1-7H,8-18H2. The van der Waals surface area contributed by atoms with Gasteiger partial charge in [-0.3, -0.25) is 14.5 Å². The second-order valence-electron chi connectivity index (χ2n) is 7.79. The van der Waals surface area contributed by atoms with Crippen molar-refractivity contribution in [3.63, 3.8) is 0 Å². The van der Waals surface area contributed by atoms with Crippen LogP contribution in [0.5, 0.6) is 0 Å². The summed E-state index contributed by atoms with van der Waals surface area (Å²) in [5, 5.41) is 2.57. The van der Waals surface area contributed by atoms with Gasteiger partial charge in [0.05, 0.1) is 13.2 Å². The summed E-state index contributed by atoms with van der Waals surface area (Å²) in [5.74, 6) is 0.160. The SMILES string of the molecule is O=C(CCC(=O)N1CCN(Cc2cccc3ccccc23)CC1)N1CCOCC1. The van der Waals surface area contributed by atoms with Crippen LogP contribution in [-0.4, -0.2) is 79.0 Å². The van der Waals surface area contributed by atoms with Crippen molar-refractivity contribution in [2.24, 2.45) is 0 Å². The van der Waals surface area contributed by atoms with E-state index >= 15 is 0 Å². The fraction of sp³-hybridized carbons (Fsp3) is 0.478. The molecule has 4 rings (SSSR count). The number of hydrogen-bond acceptors (Lipinski definition) is 4. The number of fused-ring (bicyclic) bond motifs is 1. The third-order valence-corrected chi connectivity index (χ3v) is 5.92. The maximum absolute atomic E-state index is 12.5. The number of piperazine rings is 1. The van der Waals surface area contributed by atoms with Crippen LogP contribution in [-0.2, 0) is 20.9 Å². The van der Waals surface area contributed by atoms with Crippen molar-refractivity contribution < 1.29 is 14.3 Å². The first-order valence-electron chi connectivity index (χ1n) is 10.5. The van der Waals surface area contributed by atoms with Crippen LogP contribution in [0, 0.1) is 0 Å². The largest absolute Gasteiger partial charge is 0.378 e. The highest BCUT2D eigenvalue weighted by Gasteiger charge is 2.23. The van der Waals surface area contributed by atoms with E-state index in [-0.39, 0.29) is 11.8 Å². The summed E-state index contributed by atoms with van der Waals surface area (Å²) in [7, 11) is 0. The Kier molecular flexibility index (Phi) is 6.42. The van der Waals surface area contributed by atoms with E-state index in [0.29, 0.717) is 39.1 Å². The molecule has 2 aliphatic heterocycles. The molecule has 154 valence electrons. The normalized spacial score (nSPS) is 18.2. The van der Waals surface area contributed by atoms with Gasteiger partial charge in [-0.15, -0.1) is 0 Å². The fourth-order valence-electron chi connectivity index (χ4n) is 4.17. The first-order valence-corrected chi connectivity index (χ1v) is 10.5. The molecule has 2 amide bonds. The Morgan fingerprint density at radius 2 is 1.38 bits per heavy atom. The molecule has 0 N–H and O–H groups in total. The van der Waals surface area contributed by atoms with Crippen molar-refractivity contribution in [2.75, 3.05) is 52.5 Å². The van der Waals surface area contributed by atoms with Gasteiger partial charge in [0.2, 0.25) is 11.8 Å². The van der Waals surface area contributed by atoms with Crippen LogP contribution >= 0.6 is 0 Å². The number of ether oxygens (including phenoxy) is 1. The molecule has 29 heavy (non-hydrogen) atoms. The minimum atomic E-state index is 0.0660. The van der Waals surface area contributed by atoms with E-state index in [9.17, 15) is 9.59 Å². The third-order valence-electron chi connectivity index (χ3n) is 5.92. The summed E-state index contributed by atoms with van der Waals surface area (Å²) in [5.41, 5.74) is 1.33. The Balaban J connectivity index is 1.24. The zero-order valence-electron chi connectivity index (χ0n) is 16.9. The second kappa shape index (κ2) is 9.37. The molecule has 6 heteroatoms. The number of rotatable bonds is 5. The van der Waals surface area contributed by atoms with Crippen LogP contribution in [0.2, 0.25) is 0 Å². The summed E-state index contributed by atoms with van der Waals surface area (Å²) in [6.45, 7) is 6.57. The molecule has 0 atom stereocenters. The molecule has 2 fully saturated rings. The lowest BCUT2D eigenvalue weighted by molar-refractivity contribution is -0.140. The second-order valence-corrected chi connectivity index (χ2v) is 7.79. The molecule has 0 bridgehead atoms. The number of hydrogen-bond donors (Lipinski definition) is 0. The molecule has 2 saturated heterocycles. The zero-order chi connectivity index (χ0) is 20.1. The van der Waals surface area contributed by atoms with Crippen molar-refractivity contribution in [3.05, 3.63) is 48.0 Å². The van der Waals surface area contributed by atoms with E-state index in [1.807, 2.05) is 4.90 Å². The molecular weight excluding hydrogens is 366 g/mol. The molecule has 6 nitrogen and oxygen atoms in total. The number of benzene rings is 2. The predicted octanol–water partition coefficient (Wildman–Crippen LogP) is 2.12. The van der Waals surface area contributed by atoms with Crippen molar-refractivity contribution in [1.82, 2.24) is 14.7 Å². The quantitative estimate of drug-likeness (QED) is 0.778. The lowest BCUT2D eigenvalue weighted by Gasteiger charge is -2.35. The van der Waals surface area contributed by atoms with Gasteiger partial charge in [0.15, 0.2) is 0 Å². The predicted molar refractivity (Wildman–Crippen MR) is 112 cm³/mol. The number of amides is 2. The monoisotopic (exact) mass is 395 g/mol. The Hall–Kier alpha value is -2.44. The van der Waals surface area contributed by atoms with E-state index in [1.165, 1.54) is 16.3 Å². The van der Waals surface area contributed by atoms with Crippen LogP contribution < -0.4 is 0 Å². The third kappa shape index (κ3) is 4.95. The van der Waals surface area contributed by atoms with Gasteiger partial charge in [-0.05, 0) is 16.3 Å². The minimum Gasteiger partial charge on any atom is -0.378 e. The Morgan fingerprint density at radius 3 is 2.10 bits per heavy atom. The number of carbonyl (C=O) groups excluding carboxylic acids is 2. The van der Waals surface area contributed by atoms with Crippen LogP contribution in [0.15, 0.2) is 42.5 Å². The van der Waals surface area contributed by atoms with Crippen molar-refractivity contribution in [2.45, 2.75) is 19.4 Å². The number of nitrogens with zero attached hydrogens (tertiary/aromatic N) is 3. The van der Waals surface area contributed by atoms with Gasteiger partial charge >= 0.3 is 0 Å². The highest BCUT2D eigenvalue weighted by atomic mass is 16.5. The molecule has 2 aromatic carbocycles. The molecule has 2 heterocycles. The average Bonchev–Trinajstić information content (AvgIpc) is 2.78. The van der Waals surface area contributed by atoms with Gasteiger partial charge in [0.1, 0.15) is 0 Å². The van der Waals surface area contributed by atoms with Gasteiger partial charge in [-0.2, -0.15) is 0 Å². The van der Waals surface area contributed by atoms with E-state index in [0.717, 1.165) is 32.7 Å². The van der Waals surface area contributed by atoms with Gasteiger partial charge in [0.25, 0.3) is 0 Å². The lowest BCUT2D eigenvalue weighted by atomic mass is 10.0. The van der Waals surface area contributed by atoms with Gasteiger partial charge < -0.3 is 14.5 Å². The topological polar surface area (TPSA) is 53.1 Å². The first-order chi connectivity index (χ1) is 14.2. The Morgan fingerprint density at radius 1 is 0.759 bits per heavy atom. The number of carbonyl (C=O) groups is 2. The fourth-order valence-corrected chi connectivity index (χ4v) is 4.17. The Bertz CT molecular complexity index is 850. The Labute approximate surface area is 172 Å². The van der Waals surface area contributed by atoms with Crippen molar-refractivity contribution in [1.29, 1.82) is 0 Å². The summed E-state index contributed by atoms with van der Waals surface area (Å²) >= 11 is 0. The highest BCUT2D eigenvalue weighted by molar-refractivity contribution is 5.85. The van der Waals surface area contributed by atoms with E-state index < -0.39 is 0 Å². The van der Waals surface area contributed by atoms with Crippen LogP contribution in [0.25, 0.3) is 10.8 Å². The molecule has 0 aliphatic carbocycles. The van der Waals surface area contributed by atoms with Gasteiger partial charge in [0, 0.05) is 58.7 Å². The van der Waals surface area contributed by atoms with Crippen molar-refractivity contribution in [3.8, 4) is 0 Å². The zero-order valence-corrected chi connectivity index (χ0v) is 16.9. The van der Waals surface area contributed by atoms with E-state index in [2.05, 4.69) is 47.4 Å². The molecule has 0 spiro atoms. The molecule has 0 radical (unpaired) electrons. The van der Waals surface area contributed by atoms with Crippen molar-refractivity contribution >= 4 is 22.6 Å². The summed E-state index contributed by atoms with van der Waals surface area (Å²) < 4.78 is 5.27. The smallest absolute Gasteiger partial charge is 0.223 e. The highest BCUT2D eigenvalue weighted by Crippen LogP contribution is 2.20. The molecule has 0 saturated carbocycles. The van der Waals surface area contributed by atoms with Crippen LogP contribution in [0.3, 0.4) is 0 Å². The van der Waals surface area contributed by atoms with E-state index in [1.54, 1.807) is 4.90 Å².